The molecule has 2 aromatic rings. The van der Waals surface area contributed by atoms with Crippen LogP contribution in [0.15, 0.2) is 48.5 Å². The van der Waals surface area contributed by atoms with Crippen LogP contribution in [0.25, 0.3) is 4.85 Å². The topological polar surface area (TPSA) is 83.9 Å². The van der Waals surface area contributed by atoms with Crippen molar-refractivity contribution in [1.29, 1.82) is 5.26 Å². The number of nitrogens with zero attached hydrogens (tertiary/aromatic N) is 2. The van der Waals surface area contributed by atoms with Gasteiger partial charge in [0.1, 0.15) is 24.3 Å². The van der Waals surface area contributed by atoms with Crippen molar-refractivity contribution in [3.8, 4) is 17.6 Å². The van der Waals surface area contributed by atoms with Crippen molar-refractivity contribution >= 4 is 5.78 Å². The largest absolute Gasteiger partial charge is 0.497 e. The Kier molecular flexibility index (Phi) is 3.85. The molecule has 2 aliphatic carbocycles. The van der Waals surface area contributed by atoms with Crippen LogP contribution in [0.5, 0.6) is 11.5 Å². The maximum absolute atomic E-state index is 11.5. The summed E-state index contributed by atoms with van der Waals surface area (Å²) in [6.45, 7) is 7.45. The SMILES string of the molecule is [2H]C([2H])([2H])Oc1ccc(C([2H])([N+]#[C-])C2(O)C([2H])([2H])C([2H])([2H])C([2H])([2H])C([2H])([2H])C2([2H])[2H])cc1.[2H]C([2H])([2H])Oc1ccc(CC#N)cc1.[2H]C1([2H])C(=O)C([2H])([2H])C([2H])([2H])C([2H])([2H])C1([2H])[2H]. The molecule has 1 N–H and O–H groups in total. The van der Waals surface area contributed by atoms with E-state index in [-0.39, 0.29) is 11.5 Å². The van der Waals surface area contributed by atoms with E-state index in [9.17, 15) is 9.90 Å². The smallest absolute Gasteiger partial charge is 0.276 e. The Labute approximate surface area is 253 Å². The molecule has 0 radical (unpaired) electrons. The fourth-order valence-corrected chi connectivity index (χ4v) is 2.46. The van der Waals surface area contributed by atoms with Crippen LogP contribution in [0.1, 0.15) is 118 Å². The van der Waals surface area contributed by atoms with Gasteiger partial charge < -0.3 is 19.4 Å². The molecule has 0 aliphatic heterocycles. The molecular formula is C30H38N2O4. The van der Waals surface area contributed by atoms with Crippen LogP contribution in [0.2, 0.25) is 0 Å². The Morgan fingerprint density at radius 2 is 1.56 bits per heavy atom. The van der Waals surface area contributed by atoms with E-state index < -0.39 is 101 Å². The summed E-state index contributed by atoms with van der Waals surface area (Å²) in [6, 6.07) is 8.57. The Bertz CT molecular complexity index is 2020. The van der Waals surface area contributed by atoms with E-state index >= 15 is 0 Å². The van der Waals surface area contributed by atoms with Crippen LogP contribution in [0.4, 0.5) is 0 Å². The highest BCUT2D eigenvalue weighted by atomic mass is 16.5. The van der Waals surface area contributed by atoms with Crippen LogP contribution in [0.3, 0.4) is 0 Å². The van der Waals surface area contributed by atoms with Gasteiger partial charge >= 0.3 is 0 Å². The predicted octanol–water partition coefficient (Wildman–Crippen LogP) is 6.63. The summed E-state index contributed by atoms with van der Waals surface area (Å²) >= 11 is 0. The molecule has 6 nitrogen and oxygen atoms in total. The summed E-state index contributed by atoms with van der Waals surface area (Å²) in [7, 11) is -5.27. The number of methoxy groups -OCH3 is 2. The van der Waals surface area contributed by atoms with Gasteiger partial charge in [-0.2, -0.15) is 5.26 Å². The highest BCUT2D eigenvalue weighted by Crippen LogP contribution is 2.41. The number of ketones is 1. The van der Waals surface area contributed by atoms with Crippen molar-refractivity contribution in [3.63, 3.8) is 0 Å². The third kappa shape index (κ3) is 9.36. The highest BCUT2D eigenvalue weighted by molar-refractivity contribution is 5.78. The Balaban J connectivity index is 0.000000367. The van der Waals surface area contributed by atoms with Gasteiger partial charge in [0, 0.05) is 45.7 Å². The van der Waals surface area contributed by atoms with Gasteiger partial charge in [0.2, 0.25) is 0 Å². The first kappa shape index (κ1) is 8.89. The number of benzene rings is 2. The molecule has 2 aliphatic rings. The van der Waals surface area contributed by atoms with Gasteiger partial charge in [-0.15, -0.1) is 0 Å². The molecule has 0 saturated heterocycles. The predicted molar refractivity (Wildman–Crippen MR) is 141 cm³/mol. The van der Waals surface area contributed by atoms with Gasteiger partial charge in [0.25, 0.3) is 6.02 Å². The van der Waals surface area contributed by atoms with Crippen molar-refractivity contribution in [2.24, 2.45) is 0 Å². The molecule has 0 aromatic heterocycles. The van der Waals surface area contributed by atoms with Crippen LogP contribution in [0, 0.1) is 17.9 Å². The molecule has 2 fully saturated rings. The second kappa shape index (κ2) is 15.6. The fraction of sp³-hybridized carbons (Fsp3) is 0.500. The van der Waals surface area contributed by atoms with E-state index in [0.29, 0.717) is 6.42 Å². The first-order valence-electron chi connectivity index (χ1n) is 23.3. The number of carbonyl (C=O) groups excluding carboxylic acids is 1. The molecule has 2 saturated carbocycles. The first-order chi connectivity index (χ1) is 27.7. The molecule has 192 valence electrons. The molecule has 0 heterocycles. The van der Waals surface area contributed by atoms with E-state index in [4.69, 9.17) is 48.8 Å². The van der Waals surface area contributed by atoms with Gasteiger partial charge in [-0.1, -0.05) is 37.6 Å². The maximum atomic E-state index is 11.5. The summed E-state index contributed by atoms with van der Waals surface area (Å²) in [5.74, 6) is -1.91. The first-order valence-corrected chi connectivity index (χ1v) is 9.76. The van der Waals surface area contributed by atoms with Crippen molar-refractivity contribution < 1.29 is 56.4 Å². The van der Waals surface area contributed by atoms with Crippen LogP contribution >= 0.6 is 0 Å². The molecular weight excluding hydrogens is 452 g/mol. The van der Waals surface area contributed by atoms with E-state index in [0.717, 1.165) is 29.8 Å². The van der Waals surface area contributed by atoms with Crippen LogP contribution in [-0.4, -0.2) is 30.6 Å². The Morgan fingerprint density at radius 3 is 2.06 bits per heavy atom. The molecule has 2 aromatic carbocycles. The minimum atomic E-state index is -4.08. The monoisotopic (exact) mass is 517 g/mol. The van der Waals surface area contributed by atoms with Crippen molar-refractivity contribution in [3.05, 3.63) is 71.1 Å². The summed E-state index contributed by atoms with van der Waals surface area (Å²) in [6.07, 6.45) is -36.6. The highest BCUT2D eigenvalue weighted by Gasteiger charge is 2.43. The van der Waals surface area contributed by atoms with E-state index in [1.165, 1.54) is 0 Å². The number of rotatable bonds is 5. The quantitative estimate of drug-likeness (QED) is 0.450. The number of aliphatic hydroxyl groups is 1. The zero-order valence-corrected chi connectivity index (χ0v) is 18.4. The maximum Gasteiger partial charge on any atom is 0.276 e. The number of Topliss-reactive ketones (excluding diaryl/α,β-unsaturated/α-hetero) is 1. The van der Waals surface area contributed by atoms with Gasteiger partial charge in [0.05, 0.1) is 34.8 Å². The summed E-state index contributed by atoms with van der Waals surface area (Å²) < 4.78 is 212. The molecule has 36 heavy (non-hydrogen) atoms. The summed E-state index contributed by atoms with van der Waals surface area (Å²) in [4.78, 5) is 14.3. The lowest BCUT2D eigenvalue weighted by Crippen LogP contribution is -2.36. The van der Waals surface area contributed by atoms with Crippen LogP contribution in [-0.2, 0) is 11.2 Å². The van der Waals surface area contributed by atoms with Crippen molar-refractivity contribution in [2.45, 2.75) is 81.8 Å². The second-order valence-electron chi connectivity index (χ2n) is 6.46. The summed E-state index contributed by atoms with van der Waals surface area (Å²) in [5, 5.41) is 19.7. The molecule has 0 amide bonds. The Morgan fingerprint density at radius 1 is 1.03 bits per heavy atom. The zero-order chi connectivity index (χ0) is 50.1. The number of carbonyl (C=O) groups is 1. The van der Waals surface area contributed by atoms with Gasteiger partial charge in [-0.05, 0) is 67.5 Å². The van der Waals surface area contributed by atoms with E-state index in [2.05, 4.69) is 14.3 Å². The number of nitriles is 1. The molecule has 1 unspecified atom stereocenters. The lowest BCUT2D eigenvalue weighted by molar-refractivity contribution is -0.120. The number of ether oxygens (including phenoxy) is 2. The van der Waals surface area contributed by atoms with Gasteiger partial charge in [0.15, 0.2) is 0 Å². The second-order valence-corrected chi connectivity index (χ2v) is 6.46. The lowest BCUT2D eigenvalue weighted by atomic mass is 9.77. The third-order valence-corrected chi connectivity index (χ3v) is 4.11. The Hall–Kier alpha value is -3.35. The lowest BCUT2D eigenvalue weighted by Gasteiger charge is -2.32. The minimum Gasteiger partial charge on any atom is -0.497 e. The average Bonchev–Trinajstić information content (AvgIpc) is 3.12. The number of hydrogen-bond acceptors (Lipinski definition) is 5. The van der Waals surface area contributed by atoms with Gasteiger partial charge in [-0.25, -0.2) is 6.57 Å². The van der Waals surface area contributed by atoms with E-state index in [1.54, 1.807) is 24.3 Å². The van der Waals surface area contributed by atoms with Crippen molar-refractivity contribution in [2.75, 3.05) is 14.1 Å². The average molecular weight is 518 g/mol. The standard InChI is InChI=1S/C15H19NO2.C9H9NO.C6H10O/c1-16-14(15(17)10-4-3-5-11-15)12-6-8-13(18-2)9-7-12;1-11-9-4-2-8(3-5-9)6-7-10;7-6-4-2-1-3-5-6/h6-9,14,17H,3-5,10-11H2,2H3;2-5H,6H2,1H3;1-5H2/i2D3,3D2,4D2,5D2,10D2,11D2,14D;1D3;1D2,2D2,3D2,4D2,5D2. The zero-order valence-electron chi connectivity index (χ0n) is 45.4. The van der Waals surface area contributed by atoms with Crippen LogP contribution < -0.4 is 9.47 Å². The summed E-state index contributed by atoms with van der Waals surface area (Å²) in [5.41, 5.74) is -3.88. The van der Waals surface area contributed by atoms with Crippen molar-refractivity contribution in [1.82, 2.24) is 0 Å². The number of hydrogen-bond donors (Lipinski definition) is 1. The van der Waals surface area contributed by atoms with E-state index in [1.807, 2.05) is 6.07 Å². The molecule has 4 rings (SSSR count). The fourth-order valence-electron chi connectivity index (χ4n) is 2.46. The van der Waals surface area contributed by atoms with Gasteiger partial charge in [-0.3, -0.25) is 4.79 Å². The third-order valence-electron chi connectivity index (χ3n) is 4.11. The molecule has 1 atom stereocenters. The molecule has 0 spiro atoms. The molecule has 0 bridgehead atoms. The minimum absolute atomic E-state index is 0.273. The normalized spacial score (nSPS) is 43.6. The molecule has 6 heteroatoms.